The van der Waals surface area contributed by atoms with Crippen molar-refractivity contribution in [3.63, 3.8) is 0 Å². The molecule has 0 bridgehead atoms. The summed E-state index contributed by atoms with van der Waals surface area (Å²) in [6.07, 6.45) is 5.01. The summed E-state index contributed by atoms with van der Waals surface area (Å²) in [5, 5.41) is 9.55. The van der Waals surface area contributed by atoms with Gasteiger partial charge in [0.1, 0.15) is 0 Å². The molecular formula is C20H18ClNO4. The highest BCUT2D eigenvalue weighted by atomic mass is 35.5. The van der Waals surface area contributed by atoms with E-state index in [1.54, 1.807) is 24.7 Å². The Labute approximate surface area is 156 Å². The van der Waals surface area contributed by atoms with Gasteiger partial charge in [0.05, 0.1) is 30.4 Å². The Bertz CT molecular complexity index is 877. The molecule has 0 aliphatic rings. The third-order valence-corrected chi connectivity index (χ3v) is 4.12. The fourth-order valence-electron chi connectivity index (χ4n) is 2.59. The number of halogens is 1. The molecular weight excluding hydrogens is 354 g/mol. The van der Waals surface area contributed by atoms with Crippen molar-refractivity contribution in [2.75, 3.05) is 12.1 Å². The van der Waals surface area contributed by atoms with Crippen molar-refractivity contribution in [1.82, 2.24) is 0 Å². The quantitative estimate of drug-likeness (QED) is 0.416. The molecule has 0 spiro atoms. The predicted molar refractivity (Wildman–Crippen MR) is 100 cm³/mol. The molecule has 0 fully saturated rings. The van der Waals surface area contributed by atoms with Gasteiger partial charge in [-0.25, -0.2) is 4.79 Å². The first-order valence-electron chi connectivity index (χ1n) is 8.15. The number of aromatic carboxylic acids is 1. The van der Waals surface area contributed by atoms with E-state index < -0.39 is 5.97 Å². The summed E-state index contributed by atoms with van der Waals surface area (Å²) in [6, 6.07) is 14.8. The van der Waals surface area contributed by atoms with Crippen LogP contribution in [0.1, 0.15) is 22.3 Å². The molecule has 0 aliphatic carbocycles. The maximum atomic E-state index is 11.2. The average Bonchev–Trinajstić information content (AvgIpc) is 3.17. The van der Waals surface area contributed by atoms with Crippen molar-refractivity contribution in [3.05, 3.63) is 77.2 Å². The van der Waals surface area contributed by atoms with E-state index in [0.29, 0.717) is 17.3 Å². The molecule has 0 aliphatic heterocycles. The number of carboxylic acid groups (broad SMARTS) is 1. The standard InChI is InChI=1S/C20H18ClNO4/c21-17-6-7-19(18(12-17)20(23)24)22-26-9-2-4-14-3-1-5-15(11-14)16-8-10-25-13-16/h1,3,5-8,10-13,22H,2,4,9H2,(H,23,24). The normalized spacial score (nSPS) is 10.7. The molecule has 0 saturated carbocycles. The first kappa shape index (κ1) is 18.0. The number of hydrogen-bond donors (Lipinski definition) is 2. The molecule has 2 N–H and O–H groups in total. The van der Waals surface area contributed by atoms with Crippen LogP contribution in [0.2, 0.25) is 5.02 Å². The number of aryl methyl sites for hydroxylation is 1. The van der Waals surface area contributed by atoms with Gasteiger partial charge < -0.3 is 9.52 Å². The van der Waals surface area contributed by atoms with Gasteiger partial charge in [0.2, 0.25) is 0 Å². The van der Waals surface area contributed by atoms with Crippen molar-refractivity contribution in [1.29, 1.82) is 0 Å². The molecule has 0 atom stereocenters. The second-order valence-electron chi connectivity index (χ2n) is 5.76. The van der Waals surface area contributed by atoms with E-state index in [1.165, 1.54) is 11.6 Å². The Balaban J connectivity index is 1.49. The van der Waals surface area contributed by atoms with Gasteiger partial charge in [-0.3, -0.25) is 10.3 Å². The van der Waals surface area contributed by atoms with Crippen molar-refractivity contribution >= 4 is 23.3 Å². The summed E-state index contributed by atoms with van der Waals surface area (Å²) < 4.78 is 5.12. The third kappa shape index (κ3) is 4.65. The molecule has 1 heterocycles. The molecule has 0 unspecified atom stereocenters. The summed E-state index contributed by atoms with van der Waals surface area (Å²) in [7, 11) is 0. The molecule has 5 nitrogen and oxygen atoms in total. The maximum Gasteiger partial charge on any atom is 0.337 e. The second-order valence-corrected chi connectivity index (χ2v) is 6.20. The topological polar surface area (TPSA) is 71.7 Å². The first-order chi connectivity index (χ1) is 12.6. The van der Waals surface area contributed by atoms with Gasteiger partial charge in [-0.15, -0.1) is 0 Å². The molecule has 0 saturated heterocycles. The molecule has 134 valence electrons. The van der Waals surface area contributed by atoms with E-state index in [2.05, 4.69) is 17.6 Å². The number of anilines is 1. The molecule has 0 radical (unpaired) electrons. The molecule has 3 rings (SSSR count). The Hall–Kier alpha value is -2.76. The summed E-state index contributed by atoms with van der Waals surface area (Å²) in [6.45, 7) is 0.442. The minimum absolute atomic E-state index is 0.0744. The van der Waals surface area contributed by atoms with E-state index in [9.17, 15) is 9.90 Å². The van der Waals surface area contributed by atoms with Crippen LogP contribution in [0.4, 0.5) is 5.69 Å². The van der Waals surface area contributed by atoms with Crippen LogP contribution in [-0.2, 0) is 11.3 Å². The number of carboxylic acids is 1. The molecule has 6 heteroatoms. The monoisotopic (exact) mass is 371 g/mol. The van der Waals surface area contributed by atoms with Gasteiger partial charge in [-0.05, 0) is 48.2 Å². The Morgan fingerprint density at radius 2 is 2.04 bits per heavy atom. The van der Waals surface area contributed by atoms with Crippen LogP contribution in [0, 0.1) is 0 Å². The molecule has 26 heavy (non-hydrogen) atoms. The number of hydrogen-bond acceptors (Lipinski definition) is 4. The fraction of sp³-hybridized carbons (Fsp3) is 0.150. The Kier molecular flexibility index (Phi) is 5.94. The highest BCUT2D eigenvalue weighted by molar-refractivity contribution is 6.31. The lowest BCUT2D eigenvalue weighted by atomic mass is 10.0. The van der Waals surface area contributed by atoms with Gasteiger partial charge in [-0.2, -0.15) is 0 Å². The zero-order valence-electron chi connectivity index (χ0n) is 13.9. The first-order valence-corrected chi connectivity index (χ1v) is 8.53. The largest absolute Gasteiger partial charge is 0.478 e. The second kappa shape index (κ2) is 8.56. The molecule has 2 aromatic carbocycles. The lowest BCUT2D eigenvalue weighted by Gasteiger charge is -2.10. The van der Waals surface area contributed by atoms with Gasteiger partial charge >= 0.3 is 5.97 Å². The van der Waals surface area contributed by atoms with Gasteiger partial charge in [0.15, 0.2) is 0 Å². The predicted octanol–water partition coefficient (Wildman–Crippen LogP) is 5.27. The average molecular weight is 372 g/mol. The van der Waals surface area contributed by atoms with Crippen molar-refractivity contribution < 1.29 is 19.2 Å². The maximum absolute atomic E-state index is 11.2. The van der Waals surface area contributed by atoms with Crippen molar-refractivity contribution in [2.24, 2.45) is 0 Å². The van der Waals surface area contributed by atoms with E-state index in [0.717, 1.165) is 24.0 Å². The zero-order chi connectivity index (χ0) is 18.4. The number of benzene rings is 2. The van der Waals surface area contributed by atoms with Crippen LogP contribution in [0.3, 0.4) is 0 Å². The SMILES string of the molecule is O=C(O)c1cc(Cl)ccc1NOCCCc1cccc(-c2ccoc2)c1. The van der Waals surface area contributed by atoms with Crippen LogP contribution in [0.15, 0.2) is 65.5 Å². The van der Waals surface area contributed by atoms with Crippen molar-refractivity contribution in [2.45, 2.75) is 12.8 Å². The minimum Gasteiger partial charge on any atom is -0.478 e. The highest BCUT2D eigenvalue weighted by Gasteiger charge is 2.10. The Morgan fingerprint density at radius 1 is 1.15 bits per heavy atom. The van der Waals surface area contributed by atoms with Gasteiger partial charge in [0.25, 0.3) is 0 Å². The van der Waals surface area contributed by atoms with Crippen LogP contribution in [0.25, 0.3) is 11.1 Å². The minimum atomic E-state index is -1.06. The fourth-order valence-corrected chi connectivity index (χ4v) is 2.77. The Morgan fingerprint density at radius 3 is 2.81 bits per heavy atom. The summed E-state index contributed by atoms with van der Waals surface area (Å²) in [5.74, 6) is -1.06. The lowest BCUT2D eigenvalue weighted by Crippen LogP contribution is -2.08. The molecule has 0 amide bonds. The zero-order valence-corrected chi connectivity index (χ0v) is 14.7. The van der Waals surface area contributed by atoms with Crippen molar-refractivity contribution in [3.8, 4) is 11.1 Å². The molecule has 1 aromatic heterocycles. The van der Waals surface area contributed by atoms with Crippen LogP contribution >= 0.6 is 11.6 Å². The van der Waals surface area contributed by atoms with Crippen LogP contribution in [-0.4, -0.2) is 17.7 Å². The van der Waals surface area contributed by atoms with E-state index in [1.807, 2.05) is 18.2 Å². The summed E-state index contributed by atoms with van der Waals surface area (Å²) >= 11 is 5.82. The van der Waals surface area contributed by atoms with E-state index in [-0.39, 0.29) is 5.56 Å². The van der Waals surface area contributed by atoms with E-state index in [4.69, 9.17) is 20.9 Å². The van der Waals surface area contributed by atoms with E-state index >= 15 is 0 Å². The third-order valence-electron chi connectivity index (χ3n) is 3.89. The summed E-state index contributed by atoms with van der Waals surface area (Å²) in [5.41, 5.74) is 6.51. The van der Waals surface area contributed by atoms with Gasteiger partial charge in [-0.1, -0.05) is 35.9 Å². The number of rotatable bonds is 8. The summed E-state index contributed by atoms with van der Waals surface area (Å²) in [4.78, 5) is 16.6. The van der Waals surface area contributed by atoms with Crippen LogP contribution < -0.4 is 5.48 Å². The lowest BCUT2D eigenvalue weighted by molar-refractivity contribution is 0.0696. The molecule has 3 aromatic rings. The van der Waals surface area contributed by atoms with Gasteiger partial charge in [0, 0.05) is 10.6 Å². The smallest absolute Gasteiger partial charge is 0.337 e. The number of furan rings is 1. The number of nitrogens with one attached hydrogen (secondary N) is 1. The number of carbonyl (C=O) groups is 1. The highest BCUT2D eigenvalue weighted by Crippen LogP contribution is 2.22. The van der Waals surface area contributed by atoms with Crippen LogP contribution in [0.5, 0.6) is 0 Å².